The Morgan fingerprint density at radius 3 is 2.83 bits per heavy atom. The second-order valence-corrected chi connectivity index (χ2v) is 4.56. The lowest BCUT2D eigenvalue weighted by atomic mass is 10.2. The van der Waals surface area contributed by atoms with Crippen LogP contribution in [0.25, 0.3) is 0 Å². The van der Waals surface area contributed by atoms with Crippen molar-refractivity contribution in [1.29, 1.82) is 5.26 Å². The van der Waals surface area contributed by atoms with Gasteiger partial charge in [0, 0.05) is 0 Å². The molecule has 0 bridgehead atoms. The van der Waals surface area contributed by atoms with Gasteiger partial charge in [0.15, 0.2) is 0 Å². The molecule has 0 saturated carbocycles. The summed E-state index contributed by atoms with van der Waals surface area (Å²) < 4.78 is 5.05. The Hall–Kier alpha value is -0.200. The van der Waals surface area contributed by atoms with Crippen LogP contribution in [-0.2, 0) is 4.74 Å². The Morgan fingerprint density at radius 2 is 2.42 bits per heavy atom. The standard InChI is InChI=1S/C9H15NOS/c1-2-3-4-8(5-10)12-9-6-11-7-9/h8-9H,2-4,6-7H2,1H3. The minimum absolute atomic E-state index is 0.193. The van der Waals surface area contributed by atoms with E-state index in [2.05, 4.69) is 13.0 Å². The van der Waals surface area contributed by atoms with Gasteiger partial charge in [-0.15, -0.1) is 11.8 Å². The summed E-state index contributed by atoms with van der Waals surface area (Å²) in [4.78, 5) is 0. The number of hydrogen-bond acceptors (Lipinski definition) is 3. The van der Waals surface area contributed by atoms with Crippen LogP contribution in [0.5, 0.6) is 0 Å². The summed E-state index contributed by atoms with van der Waals surface area (Å²) in [7, 11) is 0. The Balaban J connectivity index is 2.12. The summed E-state index contributed by atoms with van der Waals surface area (Å²) in [5.74, 6) is 0. The number of hydrogen-bond donors (Lipinski definition) is 0. The van der Waals surface area contributed by atoms with Gasteiger partial charge in [0.1, 0.15) is 0 Å². The molecule has 1 atom stereocenters. The van der Waals surface area contributed by atoms with Crippen LogP contribution in [0.1, 0.15) is 26.2 Å². The third kappa shape index (κ3) is 3.04. The van der Waals surface area contributed by atoms with Crippen molar-refractivity contribution in [1.82, 2.24) is 0 Å². The number of nitrogens with zero attached hydrogens (tertiary/aromatic N) is 1. The fourth-order valence-electron chi connectivity index (χ4n) is 1.08. The zero-order valence-electron chi connectivity index (χ0n) is 7.45. The molecule has 68 valence electrons. The van der Waals surface area contributed by atoms with Crippen LogP contribution < -0.4 is 0 Å². The van der Waals surface area contributed by atoms with E-state index in [0.717, 1.165) is 19.6 Å². The highest BCUT2D eigenvalue weighted by Crippen LogP contribution is 2.26. The lowest BCUT2D eigenvalue weighted by Gasteiger charge is -2.26. The molecule has 1 saturated heterocycles. The van der Waals surface area contributed by atoms with Crippen LogP contribution >= 0.6 is 11.8 Å². The molecule has 0 aromatic heterocycles. The monoisotopic (exact) mass is 185 g/mol. The van der Waals surface area contributed by atoms with Gasteiger partial charge in [0.05, 0.1) is 29.8 Å². The van der Waals surface area contributed by atoms with E-state index >= 15 is 0 Å². The molecule has 1 heterocycles. The molecule has 1 fully saturated rings. The summed E-state index contributed by atoms with van der Waals surface area (Å²) in [6.45, 7) is 3.84. The maximum Gasteiger partial charge on any atom is 0.0921 e. The van der Waals surface area contributed by atoms with Gasteiger partial charge < -0.3 is 4.74 Å². The summed E-state index contributed by atoms with van der Waals surface area (Å²) >= 11 is 1.79. The predicted molar refractivity (Wildman–Crippen MR) is 51.1 cm³/mol. The molecule has 1 aliphatic heterocycles. The SMILES string of the molecule is CCCCC(C#N)SC1COC1. The first-order valence-corrected chi connectivity index (χ1v) is 5.44. The van der Waals surface area contributed by atoms with Gasteiger partial charge in [-0.1, -0.05) is 19.8 Å². The van der Waals surface area contributed by atoms with Gasteiger partial charge in [0.25, 0.3) is 0 Å². The van der Waals surface area contributed by atoms with Gasteiger partial charge in [-0.25, -0.2) is 0 Å². The van der Waals surface area contributed by atoms with Crippen molar-refractivity contribution < 1.29 is 4.74 Å². The largest absolute Gasteiger partial charge is 0.379 e. The lowest BCUT2D eigenvalue weighted by molar-refractivity contribution is 0.0454. The van der Waals surface area contributed by atoms with E-state index in [1.54, 1.807) is 11.8 Å². The van der Waals surface area contributed by atoms with E-state index in [9.17, 15) is 0 Å². The Kier molecular flexibility index (Phi) is 4.49. The van der Waals surface area contributed by atoms with Crippen LogP contribution in [0.3, 0.4) is 0 Å². The number of thioether (sulfide) groups is 1. The zero-order chi connectivity index (χ0) is 8.81. The van der Waals surface area contributed by atoms with E-state index < -0.39 is 0 Å². The van der Waals surface area contributed by atoms with Gasteiger partial charge >= 0.3 is 0 Å². The minimum Gasteiger partial charge on any atom is -0.379 e. The second kappa shape index (κ2) is 5.45. The third-order valence-electron chi connectivity index (χ3n) is 1.93. The number of nitriles is 1. The summed E-state index contributed by atoms with van der Waals surface area (Å²) in [5.41, 5.74) is 0. The molecule has 0 N–H and O–H groups in total. The molecule has 0 radical (unpaired) electrons. The summed E-state index contributed by atoms with van der Waals surface area (Å²) in [6.07, 6.45) is 3.38. The van der Waals surface area contributed by atoms with Gasteiger partial charge in [-0.2, -0.15) is 5.26 Å². The van der Waals surface area contributed by atoms with Crippen LogP contribution in [0.2, 0.25) is 0 Å². The quantitative estimate of drug-likeness (QED) is 0.658. The maximum absolute atomic E-state index is 8.81. The third-order valence-corrected chi connectivity index (χ3v) is 3.25. The van der Waals surface area contributed by atoms with Crippen molar-refractivity contribution in [3.8, 4) is 6.07 Å². The van der Waals surface area contributed by atoms with Gasteiger partial charge in [-0.3, -0.25) is 0 Å². The first-order chi connectivity index (χ1) is 5.86. The molecule has 0 spiro atoms. The van der Waals surface area contributed by atoms with Gasteiger partial charge in [-0.05, 0) is 6.42 Å². The summed E-state index contributed by atoms with van der Waals surface area (Å²) in [6, 6.07) is 2.34. The normalized spacial score (nSPS) is 19.7. The van der Waals surface area contributed by atoms with Crippen molar-refractivity contribution in [3.05, 3.63) is 0 Å². The molecular formula is C9H15NOS. The number of ether oxygens (including phenoxy) is 1. The van der Waals surface area contributed by atoms with E-state index in [4.69, 9.17) is 10.00 Å². The van der Waals surface area contributed by atoms with Crippen LogP contribution in [0, 0.1) is 11.3 Å². The molecule has 0 amide bonds. The second-order valence-electron chi connectivity index (χ2n) is 3.06. The Bertz CT molecular complexity index is 162. The minimum atomic E-state index is 0.193. The molecule has 1 aliphatic rings. The average molecular weight is 185 g/mol. The van der Waals surface area contributed by atoms with Crippen molar-refractivity contribution in [2.45, 2.75) is 36.7 Å². The zero-order valence-corrected chi connectivity index (χ0v) is 8.27. The van der Waals surface area contributed by atoms with Crippen molar-refractivity contribution in [3.63, 3.8) is 0 Å². The molecule has 0 aromatic rings. The topological polar surface area (TPSA) is 33.0 Å². The van der Waals surface area contributed by atoms with Crippen molar-refractivity contribution in [2.75, 3.05) is 13.2 Å². The predicted octanol–water partition coefficient (Wildman–Crippen LogP) is 2.20. The number of rotatable bonds is 5. The molecule has 1 rings (SSSR count). The molecular weight excluding hydrogens is 170 g/mol. The fraction of sp³-hybridized carbons (Fsp3) is 0.889. The molecule has 2 nitrogen and oxygen atoms in total. The molecule has 0 aliphatic carbocycles. The Labute approximate surface area is 78.3 Å². The smallest absolute Gasteiger partial charge is 0.0921 e. The van der Waals surface area contributed by atoms with Gasteiger partial charge in [0.2, 0.25) is 0 Å². The van der Waals surface area contributed by atoms with E-state index in [1.807, 2.05) is 0 Å². The summed E-state index contributed by atoms with van der Waals surface area (Å²) in [5, 5.41) is 9.59. The number of unbranched alkanes of at least 4 members (excludes halogenated alkanes) is 1. The van der Waals surface area contributed by atoms with Crippen LogP contribution in [0.15, 0.2) is 0 Å². The van der Waals surface area contributed by atoms with E-state index in [1.165, 1.54) is 12.8 Å². The lowest BCUT2D eigenvalue weighted by Crippen LogP contribution is -2.32. The van der Waals surface area contributed by atoms with Crippen molar-refractivity contribution >= 4 is 11.8 Å². The maximum atomic E-state index is 8.81. The van der Waals surface area contributed by atoms with Crippen LogP contribution in [-0.4, -0.2) is 23.7 Å². The fourth-order valence-corrected chi connectivity index (χ4v) is 2.26. The first kappa shape index (κ1) is 9.88. The van der Waals surface area contributed by atoms with Crippen molar-refractivity contribution in [2.24, 2.45) is 0 Å². The van der Waals surface area contributed by atoms with Crippen LogP contribution in [0.4, 0.5) is 0 Å². The average Bonchev–Trinajstić information content (AvgIpc) is 2.02. The van der Waals surface area contributed by atoms with E-state index in [-0.39, 0.29) is 5.25 Å². The Morgan fingerprint density at radius 1 is 1.67 bits per heavy atom. The highest BCUT2D eigenvalue weighted by molar-refractivity contribution is 8.00. The highest BCUT2D eigenvalue weighted by atomic mass is 32.2. The first-order valence-electron chi connectivity index (χ1n) is 4.49. The highest BCUT2D eigenvalue weighted by Gasteiger charge is 2.22. The molecule has 12 heavy (non-hydrogen) atoms. The molecule has 0 aromatic carbocycles. The molecule has 3 heteroatoms. The van der Waals surface area contributed by atoms with E-state index in [0.29, 0.717) is 5.25 Å². The molecule has 1 unspecified atom stereocenters.